The molecule has 0 spiro atoms. The molecule has 0 heterocycles. The third-order valence-corrected chi connectivity index (χ3v) is 0.614. The summed E-state index contributed by atoms with van der Waals surface area (Å²) < 4.78 is 0. The van der Waals surface area contributed by atoms with Crippen LogP contribution in [0, 0.1) is 0 Å². The van der Waals surface area contributed by atoms with Crippen LogP contribution < -0.4 is 5.11 Å². The van der Waals surface area contributed by atoms with Gasteiger partial charge in [-0.1, -0.05) is 0 Å². The van der Waals surface area contributed by atoms with Crippen LogP contribution in [-0.4, -0.2) is 17.7 Å². The quantitative estimate of drug-likeness (QED) is 0.454. The van der Waals surface area contributed by atoms with E-state index >= 15 is 0 Å². The molecule has 0 radical (unpaired) electrons. The van der Waals surface area contributed by atoms with E-state index in [2.05, 4.69) is 0 Å². The van der Waals surface area contributed by atoms with Gasteiger partial charge in [0, 0.05) is 0 Å². The maximum absolute atomic E-state index is 9.67. The van der Waals surface area contributed by atoms with Gasteiger partial charge >= 0.3 is 0 Å². The molecule has 0 amide bonds. The van der Waals surface area contributed by atoms with Crippen LogP contribution in [0.2, 0.25) is 0 Å². The standard InChI is InChI=1S/C5H8O3/c1-4(3-6)2-5(7)8/h2,6H,3H2,1H3,(H,7,8)/p-1/b4-2+. The van der Waals surface area contributed by atoms with E-state index in [0.717, 1.165) is 6.08 Å². The minimum Gasteiger partial charge on any atom is -0.545 e. The summed E-state index contributed by atoms with van der Waals surface area (Å²) >= 11 is 0. The van der Waals surface area contributed by atoms with Gasteiger partial charge < -0.3 is 15.0 Å². The second-order valence-electron chi connectivity index (χ2n) is 1.47. The van der Waals surface area contributed by atoms with Crippen molar-refractivity contribution in [1.82, 2.24) is 0 Å². The van der Waals surface area contributed by atoms with Gasteiger partial charge in [-0.15, -0.1) is 0 Å². The lowest BCUT2D eigenvalue weighted by atomic mass is 10.3. The van der Waals surface area contributed by atoms with Crippen LogP contribution in [0.4, 0.5) is 0 Å². The molecule has 1 N–H and O–H groups in total. The lowest BCUT2D eigenvalue weighted by molar-refractivity contribution is -0.297. The number of aliphatic hydroxyl groups is 1. The summed E-state index contributed by atoms with van der Waals surface area (Å²) in [5, 5.41) is 17.9. The number of hydrogen-bond acceptors (Lipinski definition) is 3. The van der Waals surface area contributed by atoms with Crippen molar-refractivity contribution in [1.29, 1.82) is 0 Å². The highest BCUT2D eigenvalue weighted by Crippen LogP contribution is 1.85. The first-order valence-corrected chi connectivity index (χ1v) is 2.16. The molecule has 0 bridgehead atoms. The van der Waals surface area contributed by atoms with Crippen LogP contribution >= 0.6 is 0 Å². The fourth-order valence-corrected chi connectivity index (χ4v) is 0.247. The number of carboxylic acid groups (broad SMARTS) is 1. The molecule has 3 heteroatoms. The first kappa shape index (κ1) is 7.17. The number of carbonyl (C=O) groups is 1. The van der Waals surface area contributed by atoms with E-state index in [-0.39, 0.29) is 6.61 Å². The average Bonchev–Trinajstić information content (AvgIpc) is 1.65. The van der Waals surface area contributed by atoms with Crippen LogP contribution in [0.15, 0.2) is 11.6 Å². The first-order valence-electron chi connectivity index (χ1n) is 2.16. The maximum atomic E-state index is 9.67. The molecular formula is C5H7O3-. The SMILES string of the molecule is C/C(=C\C(=O)[O-])CO. The van der Waals surface area contributed by atoms with Crippen molar-refractivity contribution >= 4 is 5.97 Å². The van der Waals surface area contributed by atoms with E-state index in [1.165, 1.54) is 6.92 Å². The Morgan fingerprint density at radius 1 is 1.88 bits per heavy atom. The summed E-state index contributed by atoms with van der Waals surface area (Å²) in [4.78, 5) is 9.67. The highest BCUT2D eigenvalue weighted by atomic mass is 16.4. The summed E-state index contributed by atoms with van der Waals surface area (Å²) in [7, 11) is 0. The second-order valence-corrected chi connectivity index (χ2v) is 1.47. The largest absolute Gasteiger partial charge is 0.545 e. The summed E-state index contributed by atoms with van der Waals surface area (Å²) in [6.07, 6.45) is 0.861. The molecule has 0 rings (SSSR count). The number of hydrogen-bond donors (Lipinski definition) is 1. The Morgan fingerprint density at radius 3 is 2.50 bits per heavy atom. The monoisotopic (exact) mass is 115 g/mol. The summed E-state index contributed by atoms with van der Waals surface area (Å²) in [6, 6.07) is 0. The molecule has 0 aliphatic rings. The van der Waals surface area contributed by atoms with Gasteiger partial charge in [-0.3, -0.25) is 0 Å². The number of aliphatic carboxylic acids is 1. The van der Waals surface area contributed by atoms with Gasteiger partial charge in [0.1, 0.15) is 0 Å². The number of carbonyl (C=O) groups excluding carboxylic acids is 1. The Morgan fingerprint density at radius 2 is 2.38 bits per heavy atom. The summed E-state index contributed by atoms with van der Waals surface area (Å²) in [5.74, 6) is -1.27. The topological polar surface area (TPSA) is 60.4 Å². The number of aliphatic hydroxyl groups excluding tert-OH is 1. The molecule has 0 saturated carbocycles. The molecular weight excluding hydrogens is 108 g/mol. The fraction of sp³-hybridized carbons (Fsp3) is 0.400. The van der Waals surface area contributed by atoms with Gasteiger partial charge in [0.2, 0.25) is 0 Å². The van der Waals surface area contributed by atoms with E-state index in [1.807, 2.05) is 0 Å². The van der Waals surface area contributed by atoms with E-state index in [1.54, 1.807) is 0 Å². The van der Waals surface area contributed by atoms with E-state index in [9.17, 15) is 9.90 Å². The zero-order chi connectivity index (χ0) is 6.57. The van der Waals surface area contributed by atoms with Gasteiger partial charge in [-0.25, -0.2) is 0 Å². The highest BCUT2D eigenvalue weighted by molar-refractivity contribution is 5.78. The average molecular weight is 115 g/mol. The van der Waals surface area contributed by atoms with Crippen molar-refractivity contribution in [2.24, 2.45) is 0 Å². The Bertz CT molecular complexity index is 115. The fourth-order valence-electron chi connectivity index (χ4n) is 0.247. The number of rotatable bonds is 2. The van der Waals surface area contributed by atoms with E-state index in [4.69, 9.17) is 5.11 Å². The zero-order valence-electron chi connectivity index (χ0n) is 4.55. The zero-order valence-corrected chi connectivity index (χ0v) is 4.55. The molecule has 0 aliphatic carbocycles. The number of carboxylic acids is 1. The lowest BCUT2D eigenvalue weighted by Gasteiger charge is -1.93. The van der Waals surface area contributed by atoms with Crippen molar-refractivity contribution in [3.05, 3.63) is 11.6 Å². The van der Waals surface area contributed by atoms with Crippen molar-refractivity contribution in [2.45, 2.75) is 6.92 Å². The first-order chi connectivity index (χ1) is 3.66. The molecule has 0 aromatic carbocycles. The minimum atomic E-state index is -1.27. The van der Waals surface area contributed by atoms with Crippen LogP contribution in [-0.2, 0) is 4.79 Å². The predicted octanol–water partition coefficient (Wildman–Crippen LogP) is -1.33. The smallest absolute Gasteiger partial charge is 0.0643 e. The molecule has 0 aromatic rings. The van der Waals surface area contributed by atoms with Gasteiger partial charge in [0.05, 0.1) is 12.6 Å². The van der Waals surface area contributed by atoms with Crippen molar-refractivity contribution < 1.29 is 15.0 Å². The van der Waals surface area contributed by atoms with Crippen molar-refractivity contribution in [2.75, 3.05) is 6.61 Å². The lowest BCUT2D eigenvalue weighted by Crippen LogP contribution is -2.19. The molecule has 0 fully saturated rings. The molecule has 8 heavy (non-hydrogen) atoms. The van der Waals surface area contributed by atoms with E-state index < -0.39 is 5.97 Å². The third-order valence-electron chi connectivity index (χ3n) is 0.614. The van der Waals surface area contributed by atoms with Gasteiger partial charge in [-0.2, -0.15) is 0 Å². The maximum Gasteiger partial charge on any atom is 0.0643 e. The van der Waals surface area contributed by atoms with Crippen LogP contribution in [0.1, 0.15) is 6.92 Å². The van der Waals surface area contributed by atoms with Crippen molar-refractivity contribution in [3.8, 4) is 0 Å². The van der Waals surface area contributed by atoms with E-state index in [0.29, 0.717) is 5.57 Å². The van der Waals surface area contributed by atoms with Gasteiger partial charge in [0.15, 0.2) is 0 Å². The second kappa shape index (κ2) is 3.21. The Kier molecular flexibility index (Phi) is 2.88. The molecule has 46 valence electrons. The summed E-state index contributed by atoms with van der Waals surface area (Å²) in [6.45, 7) is 1.28. The molecule has 0 aliphatic heterocycles. The predicted molar refractivity (Wildman–Crippen MR) is 25.8 cm³/mol. The normalized spacial score (nSPS) is 11.5. The third kappa shape index (κ3) is 3.36. The molecule has 0 atom stereocenters. The van der Waals surface area contributed by atoms with Crippen LogP contribution in [0.25, 0.3) is 0 Å². The molecule has 3 nitrogen and oxygen atoms in total. The van der Waals surface area contributed by atoms with Gasteiger partial charge in [-0.05, 0) is 18.6 Å². The molecule has 0 saturated heterocycles. The minimum absolute atomic E-state index is 0.228. The van der Waals surface area contributed by atoms with Crippen LogP contribution in [0.3, 0.4) is 0 Å². The molecule has 0 unspecified atom stereocenters. The Labute approximate surface area is 47.3 Å². The van der Waals surface area contributed by atoms with Gasteiger partial charge in [0.25, 0.3) is 0 Å². The van der Waals surface area contributed by atoms with Crippen LogP contribution in [0.5, 0.6) is 0 Å². The Balaban J connectivity index is 3.75. The molecule has 0 aromatic heterocycles. The van der Waals surface area contributed by atoms with Crippen molar-refractivity contribution in [3.63, 3.8) is 0 Å². The highest BCUT2D eigenvalue weighted by Gasteiger charge is 1.81. The Hall–Kier alpha value is -0.830. The summed E-state index contributed by atoms with van der Waals surface area (Å²) in [5.41, 5.74) is 0.394.